The van der Waals surface area contributed by atoms with Crippen LogP contribution < -0.4 is 9.64 Å². The molecule has 0 fully saturated rings. The minimum absolute atomic E-state index is 0.534. The number of anilines is 1. The smallest absolute Gasteiger partial charge is 0.161 e. The molecule has 0 bridgehead atoms. The molecule has 2 aromatic heterocycles. The van der Waals surface area contributed by atoms with Crippen molar-refractivity contribution in [1.29, 1.82) is 0 Å². The second kappa shape index (κ2) is 4.49. The first kappa shape index (κ1) is 11.2. The van der Waals surface area contributed by atoms with Crippen LogP contribution in [0.2, 0.25) is 0 Å². The summed E-state index contributed by atoms with van der Waals surface area (Å²) in [6.45, 7) is 1.36. The zero-order valence-electron chi connectivity index (χ0n) is 10.9. The van der Waals surface area contributed by atoms with Crippen molar-refractivity contribution in [1.82, 2.24) is 9.97 Å². The van der Waals surface area contributed by atoms with Crippen LogP contribution in [-0.2, 0) is 6.54 Å². The number of ether oxygens (including phenoxy) is 1. The molecule has 0 saturated heterocycles. The third-order valence-electron chi connectivity index (χ3n) is 3.56. The van der Waals surface area contributed by atoms with Gasteiger partial charge in [-0.3, -0.25) is 9.97 Å². The molecular formula is C16H13N3O. The predicted octanol–water partition coefficient (Wildman–Crippen LogP) is 2.99. The molecule has 0 spiro atoms. The third kappa shape index (κ3) is 1.77. The lowest BCUT2D eigenvalue weighted by Gasteiger charge is -2.31. The third-order valence-corrected chi connectivity index (χ3v) is 3.56. The zero-order valence-corrected chi connectivity index (χ0v) is 10.9. The second-order valence-electron chi connectivity index (χ2n) is 4.81. The molecule has 20 heavy (non-hydrogen) atoms. The van der Waals surface area contributed by atoms with Crippen molar-refractivity contribution in [2.24, 2.45) is 0 Å². The fourth-order valence-corrected chi connectivity index (χ4v) is 2.56. The van der Waals surface area contributed by atoms with Crippen LogP contribution in [0.3, 0.4) is 0 Å². The Balaban J connectivity index is 1.75. The number of fused-ring (bicyclic) bond motifs is 3. The average Bonchev–Trinajstić information content (AvgIpc) is 2.55. The fraction of sp³-hybridized carbons (Fsp3) is 0.125. The van der Waals surface area contributed by atoms with Gasteiger partial charge < -0.3 is 9.64 Å². The van der Waals surface area contributed by atoms with Crippen LogP contribution in [0.25, 0.3) is 10.9 Å². The molecular weight excluding hydrogens is 250 g/mol. The van der Waals surface area contributed by atoms with E-state index in [2.05, 4.69) is 33.1 Å². The summed E-state index contributed by atoms with van der Waals surface area (Å²) in [6.07, 6.45) is 5.40. The highest BCUT2D eigenvalue weighted by Crippen LogP contribution is 2.33. The molecule has 1 aliphatic heterocycles. The van der Waals surface area contributed by atoms with E-state index in [1.807, 2.05) is 18.2 Å². The summed E-state index contributed by atoms with van der Waals surface area (Å²) >= 11 is 0. The van der Waals surface area contributed by atoms with Gasteiger partial charge in [-0.1, -0.05) is 18.2 Å². The van der Waals surface area contributed by atoms with Crippen molar-refractivity contribution in [3.63, 3.8) is 0 Å². The van der Waals surface area contributed by atoms with Crippen LogP contribution in [0, 0.1) is 0 Å². The van der Waals surface area contributed by atoms with E-state index < -0.39 is 0 Å². The Morgan fingerprint density at radius 2 is 1.90 bits per heavy atom. The molecule has 1 aliphatic rings. The summed E-state index contributed by atoms with van der Waals surface area (Å²) in [5.41, 5.74) is 3.23. The highest BCUT2D eigenvalue weighted by molar-refractivity contribution is 5.86. The van der Waals surface area contributed by atoms with Crippen molar-refractivity contribution in [2.75, 3.05) is 11.6 Å². The van der Waals surface area contributed by atoms with Gasteiger partial charge in [-0.05, 0) is 18.2 Å². The number of hydrogen-bond acceptors (Lipinski definition) is 4. The Labute approximate surface area is 116 Å². The Bertz CT molecular complexity index is 758. The first-order chi connectivity index (χ1) is 9.92. The molecule has 4 heteroatoms. The van der Waals surface area contributed by atoms with Crippen LogP contribution in [-0.4, -0.2) is 16.7 Å². The van der Waals surface area contributed by atoms with Gasteiger partial charge in [0.05, 0.1) is 0 Å². The van der Waals surface area contributed by atoms with Crippen molar-refractivity contribution >= 4 is 16.6 Å². The van der Waals surface area contributed by atoms with E-state index in [1.165, 1.54) is 5.56 Å². The summed E-state index contributed by atoms with van der Waals surface area (Å²) in [5, 5.41) is 1.11. The molecule has 4 nitrogen and oxygen atoms in total. The summed E-state index contributed by atoms with van der Waals surface area (Å²) in [4.78, 5) is 10.7. The Hall–Kier alpha value is -2.62. The van der Waals surface area contributed by atoms with Gasteiger partial charge in [0.2, 0.25) is 0 Å². The SMILES string of the molecule is c1cnc2c3c(ccc2c1)CN(c1ccncc1)CO3. The predicted molar refractivity (Wildman–Crippen MR) is 77.7 cm³/mol. The largest absolute Gasteiger partial charge is 0.470 e. The van der Waals surface area contributed by atoms with Crippen LogP contribution in [0.15, 0.2) is 55.0 Å². The second-order valence-corrected chi connectivity index (χ2v) is 4.81. The van der Waals surface area contributed by atoms with Crippen molar-refractivity contribution in [2.45, 2.75) is 6.54 Å². The highest BCUT2D eigenvalue weighted by Gasteiger charge is 2.20. The number of rotatable bonds is 1. The van der Waals surface area contributed by atoms with E-state index in [4.69, 9.17) is 4.74 Å². The molecule has 98 valence electrons. The molecule has 0 unspecified atom stereocenters. The number of hydrogen-bond donors (Lipinski definition) is 0. The average molecular weight is 263 g/mol. The van der Waals surface area contributed by atoms with Gasteiger partial charge in [0.1, 0.15) is 5.52 Å². The molecule has 1 aromatic carbocycles. The molecule has 0 N–H and O–H groups in total. The maximum atomic E-state index is 5.95. The van der Waals surface area contributed by atoms with Crippen molar-refractivity contribution in [3.8, 4) is 5.75 Å². The molecule has 0 amide bonds. The van der Waals surface area contributed by atoms with Gasteiger partial charge in [-0.15, -0.1) is 0 Å². The lowest BCUT2D eigenvalue weighted by molar-refractivity contribution is 0.292. The number of aromatic nitrogens is 2. The first-order valence-electron chi connectivity index (χ1n) is 6.56. The highest BCUT2D eigenvalue weighted by atomic mass is 16.5. The normalized spacial score (nSPS) is 13.9. The summed E-state index contributed by atoms with van der Waals surface area (Å²) in [7, 11) is 0. The van der Waals surface area contributed by atoms with Gasteiger partial charge in [-0.25, -0.2) is 0 Å². The van der Waals surface area contributed by atoms with Crippen LogP contribution in [0.5, 0.6) is 5.75 Å². The summed E-state index contributed by atoms with van der Waals surface area (Å²) in [6, 6.07) is 12.2. The maximum Gasteiger partial charge on any atom is 0.161 e. The lowest BCUT2D eigenvalue weighted by Crippen LogP contribution is -2.31. The number of pyridine rings is 2. The first-order valence-corrected chi connectivity index (χ1v) is 6.56. The topological polar surface area (TPSA) is 38.2 Å². The van der Waals surface area contributed by atoms with E-state index >= 15 is 0 Å². The lowest BCUT2D eigenvalue weighted by atomic mass is 10.1. The molecule has 3 aromatic rings. The Morgan fingerprint density at radius 3 is 2.80 bits per heavy atom. The minimum Gasteiger partial charge on any atom is -0.470 e. The van der Waals surface area contributed by atoms with E-state index in [0.717, 1.165) is 28.9 Å². The minimum atomic E-state index is 0.534. The molecule has 0 radical (unpaired) electrons. The molecule has 0 aliphatic carbocycles. The molecule has 0 saturated carbocycles. The molecule has 4 rings (SSSR count). The van der Waals surface area contributed by atoms with E-state index in [1.54, 1.807) is 18.6 Å². The van der Waals surface area contributed by atoms with Crippen LogP contribution in [0.4, 0.5) is 5.69 Å². The van der Waals surface area contributed by atoms with Gasteiger partial charge in [0.15, 0.2) is 12.5 Å². The van der Waals surface area contributed by atoms with Gasteiger partial charge in [0, 0.05) is 41.8 Å². The molecule has 0 atom stereocenters. The summed E-state index contributed by atoms with van der Waals surface area (Å²) < 4.78 is 5.95. The quantitative estimate of drug-likeness (QED) is 0.676. The monoisotopic (exact) mass is 263 g/mol. The maximum absolute atomic E-state index is 5.95. The zero-order chi connectivity index (χ0) is 13.4. The molecule has 3 heterocycles. The van der Waals surface area contributed by atoms with Crippen molar-refractivity contribution in [3.05, 3.63) is 60.6 Å². The van der Waals surface area contributed by atoms with E-state index in [-0.39, 0.29) is 0 Å². The van der Waals surface area contributed by atoms with Gasteiger partial charge in [0.25, 0.3) is 0 Å². The standard InChI is InChI=1S/C16H13N3O/c1-2-12-3-4-13-10-19(14-5-8-17-9-6-14)11-20-16(13)15(12)18-7-1/h1-9H,10-11H2. The Kier molecular flexibility index (Phi) is 2.52. The number of benzene rings is 1. The fourth-order valence-electron chi connectivity index (χ4n) is 2.56. The van der Waals surface area contributed by atoms with Crippen LogP contribution >= 0.6 is 0 Å². The van der Waals surface area contributed by atoms with Gasteiger partial charge >= 0.3 is 0 Å². The van der Waals surface area contributed by atoms with Crippen LogP contribution in [0.1, 0.15) is 5.56 Å². The Morgan fingerprint density at radius 1 is 1.00 bits per heavy atom. The summed E-state index contributed by atoms with van der Waals surface area (Å²) in [5.74, 6) is 0.911. The van der Waals surface area contributed by atoms with E-state index in [9.17, 15) is 0 Å². The number of nitrogens with zero attached hydrogens (tertiary/aromatic N) is 3. The van der Waals surface area contributed by atoms with E-state index in [0.29, 0.717) is 6.73 Å². The van der Waals surface area contributed by atoms with Gasteiger partial charge in [-0.2, -0.15) is 0 Å². The van der Waals surface area contributed by atoms with Crippen molar-refractivity contribution < 1.29 is 4.74 Å².